The first-order valence-electron chi connectivity index (χ1n) is 6.74. The van der Waals surface area contributed by atoms with Crippen molar-refractivity contribution in [3.63, 3.8) is 0 Å². The van der Waals surface area contributed by atoms with Crippen LogP contribution in [-0.2, 0) is 0 Å². The molecule has 3 N–H and O–H groups in total. The lowest BCUT2D eigenvalue weighted by molar-refractivity contribution is 0.270. The molecule has 1 saturated heterocycles. The van der Waals surface area contributed by atoms with Crippen LogP contribution in [0.2, 0.25) is 0 Å². The first kappa shape index (κ1) is 13.7. The topological polar surface area (TPSA) is 82.1 Å². The van der Waals surface area contributed by atoms with Crippen molar-refractivity contribution in [2.45, 2.75) is 25.8 Å². The highest BCUT2D eigenvalue weighted by Crippen LogP contribution is 2.20. The lowest BCUT2D eigenvalue weighted by Gasteiger charge is -2.28. The zero-order valence-electron chi connectivity index (χ0n) is 11.6. The fourth-order valence-corrected chi connectivity index (χ4v) is 2.72. The molecule has 2 rings (SSSR count). The van der Waals surface area contributed by atoms with E-state index < -0.39 is 0 Å². The van der Waals surface area contributed by atoms with E-state index in [1.54, 1.807) is 12.4 Å². The maximum absolute atomic E-state index is 7.57. The molecule has 1 aromatic rings. The van der Waals surface area contributed by atoms with E-state index in [-0.39, 0.29) is 5.84 Å². The van der Waals surface area contributed by atoms with Gasteiger partial charge in [-0.1, -0.05) is 6.92 Å². The van der Waals surface area contributed by atoms with Crippen LogP contribution in [0.3, 0.4) is 0 Å². The van der Waals surface area contributed by atoms with Crippen molar-refractivity contribution in [2.24, 2.45) is 5.73 Å². The molecule has 104 valence electrons. The molecule has 0 radical (unpaired) electrons. The lowest BCUT2D eigenvalue weighted by Crippen LogP contribution is -2.39. The molecule has 1 aromatic heterocycles. The molecular weight excluding hydrogens is 240 g/mol. The Morgan fingerprint density at radius 1 is 1.53 bits per heavy atom. The molecule has 1 unspecified atom stereocenters. The van der Waals surface area contributed by atoms with Gasteiger partial charge in [-0.3, -0.25) is 10.3 Å². The smallest absolute Gasteiger partial charge is 0.158 e. The number of anilines is 1. The van der Waals surface area contributed by atoms with Crippen molar-refractivity contribution in [1.29, 1.82) is 5.41 Å². The maximum Gasteiger partial charge on any atom is 0.158 e. The number of nitrogens with zero attached hydrogens (tertiary/aromatic N) is 4. The Labute approximate surface area is 114 Å². The second-order valence-corrected chi connectivity index (χ2v) is 4.95. The molecule has 1 aliphatic heterocycles. The van der Waals surface area contributed by atoms with Crippen LogP contribution in [0.5, 0.6) is 0 Å². The third-order valence-corrected chi connectivity index (χ3v) is 3.69. The Morgan fingerprint density at radius 3 is 2.95 bits per heavy atom. The van der Waals surface area contributed by atoms with Crippen LogP contribution in [0.25, 0.3) is 0 Å². The van der Waals surface area contributed by atoms with Crippen LogP contribution in [0, 0.1) is 5.41 Å². The van der Waals surface area contributed by atoms with E-state index in [2.05, 4.69) is 26.7 Å². The Balaban J connectivity index is 2.11. The number of nitrogens with two attached hydrogens (primary N) is 1. The molecule has 0 bridgehead atoms. The number of likely N-dealkylation sites (N-methyl/N-ethyl adjacent to an activating group) is 2. The summed E-state index contributed by atoms with van der Waals surface area (Å²) in [6.07, 6.45) is 5.69. The number of amidine groups is 1. The van der Waals surface area contributed by atoms with Crippen molar-refractivity contribution in [1.82, 2.24) is 14.9 Å². The minimum Gasteiger partial charge on any atom is -0.382 e. The van der Waals surface area contributed by atoms with Gasteiger partial charge in [0.1, 0.15) is 11.5 Å². The van der Waals surface area contributed by atoms with Crippen molar-refractivity contribution >= 4 is 11.7 Å². The van der Waals surface area contributed by atoms with Gasteiger partial charge in [0.2, 0.25) is 0 Å². The average molecular weight is 262 g/mol. The van der Waals surface area contributed by atoms with Crippen LogP contribution >= 0.6 is 0 Å². The second-order valence-electron chi connectivity index (χ2n) is 4.95. The van der Waals surface area contributed by atoms with Gasteiger partial charge < -0.3 is 10.6 Å². The second kappa shape index (κ2) is 5.97. The van der Waals surface area contributed by atoms with E-state index in [0.29, 0.717) is 17.6 Å². The van der Waals surface area contributed by atoms with Gasteiger partial charge in [-0.15, -0.1) is 0 Å². The molecule has 19 heavy (non-hydrogen) atoms. The highest BCUT2D eigenvalue weighted by molar-refractivity contribution is 5.97. The molecule has 0 aromatic carbocycles. The lowest BCUT2D eigenvalue weighted by atomic mass is 10.2. The quantitative estimate of drug-likeness (QED) is 0.602. The summed E-state index contributed by atoms with van der Waals surface area (Å²) in [7, 11) is 1.99. The number of hydrogen-bond acceptors (Lipinski definition) is 5. The fourth-order valence-electron chi connectivity index (χ4n) is 2.72. The molecule has 1 aliphatic rings. The summed E-state index contributed by atoms with van der Waals surface area (Å²) >= 11 is 0. The van der Waals surface area contributed by atoms with E-state index in [0.717, 1.165) is 13.1 Å². The van der Waals surface area contributed by atoms with Gasteiger partial charge in [0.15, 0.2) is 5.82 Å². The number of likely N-dealkylation sites (tertiary alicyclic amines) is 1. The minimum absolute atomic E-state index is 0.0336. The van der Waals surface area contributed by atoms with Crippen LogP contribution in [-0.4, -0.2) is 53.4 Å². The number of aromatic nitrogens is 2. The van der Waals surface area contributed by atoms with E-state index in [1.807, 2.05) is 7.05 Å². The Hall–Kier alpha value is -1.69. The Morgan fingerprint density at radius 2 is 2.26 bits per heavy atom. The molecule has 2 heterocycles. The third-order valence-electron chi connectivity index (χ3n) is 3.69. The summed E-state index contributed by atoms with van der Waals surface area (Å²) in [4.78, 5) is 13.0. The Bertz CT molecular complexity index is 447. The summed E-state index contributed by atoms with van der Waals surface area (Å²) in [5.41, 5.74) is 6.02. The molecule has 0 aliphatic carbocycles. The summed E-state index contributed by atoms with van der Waals surface area (Å²) in [5, 5.41) is 7.57. The van der Waals surface area contributed by atoms with E-state index in [4.69, 9.17) is 11.1 Å². The highest BCUT2D eigenvalue weighted by Gasteiger charge is 2.25. The van der Waals surface area contributed by atoms with E-state index in [9.17, 15) is 0 Å². The van der Waals surface area contributed by atoms with Crippen molar-refractivity contribution < 1.29 is 0 Å². The van der Waals surface area contributed by atoms with Crippen LogP contribution in [0.15, 0.2) is 12.4 Å². The minimum atomic E-state index is -0.0336. The summed E-state index contributed by atoms with van der Waals surface area (Å²) in [6.45, 7) is 5.35. The number of rotatable bonds is 5. The number of nitrogens with one attached hydrogen (secondary N) is 1. The molecular formula is C13H22N6. The van der Waals surface area contributed by atoms with Gasteiger partial charge in [-0.2, -0.15) is 0 Å². The molecule has 1 fully saturated rings. The average Bonchev–Trinajstić information content (AvgIpc) is 2.85. The van der Waals surface area contributed by atoms with Gasteiger partial charge in [0, 0.05) is 32.0 Å². The SMILES string of the molecule is CCN1CCCC1CN(C)c1nccnc1C(=N)N. The highest BCUT2D eigenvalue weighted by atomic mass is 15.2. The van der Waals surface area contributed by atoms with Gasteiger partial charge in [0.05, 0.1) is 0 Å². The molecule has 0 amide bonds. The standard InChI is InChI=1S/C13H22N6/c1-3-19-8-4-5-10(19)9-18(2)13-11(12(14)15)16-6-7-17-13/h6-7,10H,3-5,8-9H2,1-2H3,(H3,14,15). The fraction of sp³-hybridized carbons (Fsp3) is 0.615. The van der Waals surface area contributed by atoms with Crippen molar-refractivity contribution in [3.8, 4) is 0 Å². The molecule has 6 nitrogen and oxygen atoms in total. The molecule has 1 atom stereocenters. The van der Waals surface area contributed by atoms with Gasteiger partial charge in [-0.05, 0) is 25.9 Å². The number of hydrogen-bond donors (Lipinski definition) is 2. The summed E-state index contributed by atoms with van der Waals surface area (Å²) in [5.74, 6) is 0.659. The van der Waals surface area contributed by atoms with Crippen LogP contribution in [0.1, 0.15) is 25.5 Å². The first-order chi connectivity index (χ1) is 9.13. The molecule has 6 heteroatoms. The summed E-state index contributed by atoms with van der Waals surface area (Å²) < 4.78 is 0. The predicted molar refractivity (Wildman–Crippen MR) is 76.6 cm³/mol. The first-order valence-corrected chi connectivity index (χ1v) is 6.74. The van der Waals surface area contributed by atoms with Crippen LogP contribution in [0.4, 0.5) is 5.82 Å². The van der Waals surface area contributed by atoms with E-state index >= 15 is 0 Å². The zero-order valence-corrected chi connectivity index (χ0v) is 11.6. The third kappa shape index (κ3) is 3.01. The number of nitrogen functional groups attached to an aromatic ring is 1. The Kier molecular flexibility index (Phi) is 4.31. The maximum atomic E-state index is 7.57. The normalized spacial score (nSPS) is 19.6. The largest absolute Gasteiger partial charge is 0.382 e. The van der Waals surface area contributed by atoms with Crippen molar-refractivity contribution in [2.75, 3.05) is 31.6 Å². The molecule has 0 saturated carbocycles. The zero-order chi connectivity index (χ0) is 13.8. The van der Waals surface area contributed by atoms with E-state index in [1.165, 1.54) is 19.4 Å². The van der Waals surface area contributed by atoms with Crippen molar-refractivity contribution in [3.05, 3.63) is 18.1 Å². The van der Waals surface area contributed by atoms with Crippen LogP contribution < -0.4 is 10.6 Å². The predicted octanol–water partition coefficient (Wildman–Crippen LogP) is 0.681. The summed E-state index contributed by atoms with van der Waals surface area (Å²) in [6, 6.07) is 0.553. The molecule has 0 spiro atoms. The van der Waals surface area contributed by atoms with Gasteiger partial charge >= 0.3 is 0 Å². The van der Waals surface area contributed by atoms with Gasteiger partial charge in [-0.25, -0.2) is 9.97 Å². The van der Waals surface area contributed by atoms with Gasteiger partial charge in [0.25, 0.3) is 0 Å². The monoisotopic (exact) mass is 262 g/mol.